The maximum atomic E-state index is 12.8. The van der Waals surface area contributed by atoms with Crippen molar-refractivity contribution in [2.75, 3.05) is 11.9 Å². The summed E-state index contributed by atoms with van der Waals surface area (Å²) >= 11 is 7.40. The van der Waals surface area contributed by atoms with E-state index < -0.39 is 0 Å². The van der Waals surface area contributed by atoms with Gasteiger partial charge in [-0.15, -0.1) is 11.8 Å². The third-order valence-electron chi connectivity index (χ3n) is 4.00. The largest absolute Gasteiger partial charge is 0.352 e. The molecule has 0 aliphatic carbocycles. The molecule has 144 valence electrons. The average Bonchev–Trinajstić information content (AvgIpc) is 2.68. The summed E-state index contributed by atoms with van der Waals surface area (Å²) in [5.41, 5.74) is 1.01. The summed E-state index contributed by atoms with van der Waals surface area (Å²) in [6, 6.07) is 14.5. The Morgan fingerprint density at radius 1 is 1.07 bits per heavy atom. The Morgan fingerprint density at radius 2 is 1.78 bits per heavy atom. The van der Waals surface area contributed by atoms with Gasteiger partial charge in [0.05, 0.1) is 16.5 Å². The van der Waals surface area contributed by atoms with Gasteiger partial charge >= 0.3 is 0 Å². The Kier molecular flexibility index (Phi) is 8.69. The molecule has 2 aromatic carbocycles. The van der Waals surface area contributed by atoms with E-state index in [1.54, 1.807) is 18.2 Å². The van der Waals surface area contributed by atoms with Crippen LogP contribution in [-0.4, -0.2) is 23.6 Å². The van der Waals surface area contributed by atoms with Crippen LogP contribution in [0.5, 0.6) is 0 Å². The lowest BCUT2D eigenvalue weighted by molar-refractivity contribution is -0.115. The Morgan fingerprint density at radius 3 is 2.44 bits per heavy atom. The van der Waals surface area contributed by atoms with Gasteiger partial charge in [0, 0.05) is 16.5 Å². The normalized spacial score (nSPS) is 11.7. The number of nitrogens with one attached hydrogen (secondary N) is 2. The number of halogens is 1. The van der Waals surface area contributed by atoms with Crippen LogP contribution in [0, 0.1) is 0 Å². The highest BCUT2D eigenvalue weighted by Gasteiger charge is 2.20. The third-order valence-corrected chi connectivity index (χ3v) is 5.63. The van der Waals surface area contributed by atoms with Crippen LogP contribution in [0.2, 0.25) is 5.02 Å². The fraction of sp³-hybridized carbons (Fsp3) is 0.333. The van der Waals surface area contributed by atoms with Crippen molar-refractivity contribution >= 4 is 40.9 Å². The number of hydrogen-bond donors (Lipinski definition) is 2. The molecule has 4 nitrogen and oxygen atoms in total. The molecule has 2 N–H and O–H groups in total. The van der Waals surface area contributed by atoms with Crippen molar-refractivity contribution in [1.29, 1.82) is 0 Å². The molecule has 0 fully saturated rings. The van der Waals surface area contributed by atoms with Crippen molar-refractivity contribution in [3.63, 3.8) is 0 Å². The molecule has 0 spiro atoms. The SMILES string of the molecule is CCCCNC(=O)c1ccccc1NC(=O)[C@@H](CC)Sc1ccc(Cl)cc1. The number of hydrogen-bond acceptors (Lipinski definition) is 3. The van der Waals surface area contributed by atoms with Crippen LogP contribution < -0.4 is 10.6 Å². The first-order chi connectivity index (χ1) is 13.0. The second-order valence-electron chi connectivity index (χ2n) is 6.11. The van der Waals surface area contributed by atoms with E-state index in [0.717, 1.165) is 17.7 Å². The van der Waals surface area contributed by atoms with Gasteiger partial charge in [-0.1, -0.05) is 44.0 Å². The number of amides is 2. The van der Waals surface area contributed by atoms with E-state index in [0.29, 0.717) is 29.2 Å². The minimum absolute atomic E-state index is 0.119. The van der Waals surface area contributed by atoms with Crippen LogP contribution in [0.1, 0.15) is 43.5 Å². The van der Waals surface area contributed by atoms with Gasteiger partial charge in [0.15, 0.2) is 0 Å². The summed E-state index contributed by atoms with van der Waals surface area (Å²) in [6.45, 7) is 4.67. The minimum Gasteiger partial charge on any atom is -0.352 e. The average molecular weight is 405 g/mol. The lowest BCUT2D eigenvalue weighted by Crippen LogP contribution is -2.28. The van der Waals surface area contributed by atoms with Crippen molar-refractivity contribution in [1.82, 2.24) is 5.32 Å². The van der Waals surface area contributed by atoms with Crippen molar-refractivity contribution in [3.05, 3.63) is 59.1 Å². The van der Waals surface area contributed by atoms with Gasteiger partial charge in [-0.3, -0.25) is 9.59 Å². The predicted octanol–water partition coefficient (Wildman–Crippen LogP) is 5.38. The maximum Gasteiger partial charge on any atom is 0.253 e. The van der Waals surface area contributed by atoms with Gasteiger partial charge in [-0.25, -0.2) is 0 Å². The number of para-hydroxylation sites is 1. The number of benzene rings is 2. The second kappa shape index (κ2) is 11.0. The molecule has 0 saturated carbocycles. The number of thioether (sulfide) groups is 1. The van der Waals surface area contributed by atoms with E-state index >= 15 is 0 Å². The first kappa shape index (κ1) is 21.3. The van der Waals surface area contributed by atoms with Crippen molar-refractivity contribution in [2.45, 2.75) is 43.3 Å². The molecule has 6 heteroatoms. The summed E-state index contributed by atoms with van der Waals surface area (Å²) in [4.78, 5) is 26.1. The van der Waals surface area contributed by atoms with E-state index in [4.69, 9.17) is 11.6 Å². The molecule has 2 rings (SSSR count). The highest BCUT2D eigenvalue weighted by Crippen LogP contribution is 2.28. The highest BCUT2D eigenvalue weighted by molar-refractivity contribution is 8.00. The Labute approximate surface area is 170 Å². The molecule has 0 radical (unpaired) electrons. The van der Waals surface area contributed by atoms with Crippen LogP contribution in [0.25, 0.3) is 0 Å². The zero-order valence-electron chi connectivity index (χ0n) is 15.6. The molecule has 0 unspecified atom stereocenters. The van der Waals surface area contributed by atoms with Crippen LogP contribution >= 0.6 is 23.4 Å². The van der Waals surface area contributed by atoms with Crippen molar-refractivity contribution in [2.24, 2.45) is 0 Å². The number of carbonyl (C=O) groups excluding carboxylic acids is 2. The quantitative estimate of drug-likeness (QED) is 0.435. The summed E-state index contributed by atoms with van der Waals surface area (Å²) < 4.78 is 0. The van der Waals surface area contributed by atoms with Gasteiger partial charge in [-0.05, 0) is 49.2 Å². The monoisotopic (exact) mass is 404 g/mol. The molecule has 0 aliphatic rings. The topological polar surface area (TPSA) is 58.2 Å². The number of unbranched alkanes of at least 4 members (excludes halogenated alkanes) is 1. The first-order valence-corrected chi connectivity index (χ1v) is 10.4. The van der Waals surface area contributed by atoms with Gasteiger partial charge in [-0.2, -0.15) is 0 Å². The fourth-order valence-electron chi connectivity index (χ4n) is 2.48. The van der Waals surface area contributed by atoms with Gasteiger partial charge < -0.3 is 10.6 Å². The van der Waals surface area contributed by atoms with Crippen LogP contribution in [0.3, 0.4) is 0 Å². The lowest BCUT2D eigenvalue weighted by atomic mass is 10.1. The van der Waals surface area contributed by atoms with Gasteiger partial charge in [0.25, 0.3) is 5.91 Å². The van der Waals surface area contributed by atoms with E-state index in [2.05, 4.69) is 17.6 Å². The van der Waals surface area contributed by atoms with E-state index in [9.17, 15) is 9.59 Å². The van der Waals surface area contributed by atoms with Gasteiger partial charge in [0.1, 0.15) is 0 Å². The Balaban J connectivity index is 2.07. The predicted molar refractivity (Wildman–Crippen MR) is 114 cm³/mol. The zero-order valence-corrected chi connectivity index (χ0v) is 17.2. The molecule has 2 aromatic rings. The second-order valence-corrected chi connectivity index (χ2v) is 7.83. The zero-order chi connectivity index (χ0) is 19.6. The van der Waals surface area contributed by atoms with E-state index in [1.165, 1.54) is 11.8 Å². The van der Waals surface area contributed by atoms with Crippen molar-refractivity contribution < 1.29 is 9.59 Å². The van der Waals surface area contributed by atoms with Crippen molar-refractivity contribution in [3.8, 4) is 0 Å². The standard InChI is InChI=1S/C21H25ClN2O2S/c1-3-5-14-23-20(25)17-8-6-7-9-18(17)24-21(26)19(4-2)27-16-12-10-15(22)11-13-16/h6-13,19H,3-5,14H2,1-2H3,(H,23,25)(H,24,26)/t19-/m1/s1. The molecule has 0 saturated heterocycles. The molecule has 2 amide bonds. The fourth-order valence-corrected chi connectivity index (χ4v) is 3.56. The summed E-state index contributed by atoms with van der Waals surface area (Å²) in [5, 5.41) is 6.22. The van der Waals surface area contributed by atoms with Crippen LogP contribution in [-0.2, 0) is 4.79 Å². The molecule has 0 heterocycles. The molecular weight excluding hydrogens is 380 g/mol. The summed E-state index contributed by atoms with van der Waals surface area (Å²) in [6.07, 6.45) is 2.61. The summed E-state index contributed by atoms with van der Waals surface area (Å²) in [5.74, 6) is -0.288. The summed E-state index contributed by atoms with van der Waals surface area (Å²) in [7, 11) is 0. The van der Waals surface area contributed by atoms with Crippen LogP contribution in [0.15, 0.2) is 53.4 Å². The smallest absolute Gasteiger partial charge is 0.253 e. The van der Waals surface area contributed by atoms with E-state index in [-0.39, 0.29) is 17.1 Å². The number of anilines is 1. The Bertz CT molecular complexity index is 765. The molecule has 1 atom stereocenters. The molecule has 27 heavy (non-hydrogen) atoms. The third kappa shape index (κ3) is 6.60. The first-order valence-electron chi connectivity index (χ1n) is 9.15. The molecule has 0 aliphatic heterocycles. The van der Waals surface area contributed by atoms with Crippen LogP contribution in [0.4, 0.5) is 5.69 Å². The van der Waals surface area contributed by atoms with Gasteiger partial charge in [0.2, 0.25) is 5.91 Å². The maximum absolute atomic E-state index is 12.8. The molecule has 0 bridgehead atoms. The molecular formula is C21H25ClN2O2S. The number of rotatable bonds is 9. The highest BCUT2D eigenvalue weighted by atomic mass is 35.5. The minimum atomic E-state index is -0.262. The van der Waals surface area contributed by atoms with E-state index in [1.807, 2.05) is 37.3 Å². The lowest BCUT2D eigenvalue weighted by Gasteiger charge is -2.16. The Hall–Kier alpha value is -1.98. The number of carbonyl (C=O) groups is 2. The molecule has 0 aromatic heterocycles.